The van der Waals surface area contributed by atoms with Crippen molar-refractivity contribution >= 4 is 61.5 Å². The van der Waals surface area contributed by atoms with Crippen LogP contribution >= 0.6 is 45.8 Å². The van der Waals surface area contributed by atoms with E-state index in [0.29, 0.717) is 33.3 Å². The first-order valence-corrected chi connectivity index (χ1v) is 12.2. The number of aromatic nitrogens is 1. The second-order valence-electron chi connectivity index (χ2n) is 6.38. The first kappa shape index (κ1) is 22.9. The lowest BCUT2D eigenvalue weighted by molar-refractivity contribution is 0.481. The zero-order chi connectivity index (χ0) is 22.1. The molecule has 1 N–H and O–H groups in total. The number of hydrogen-bond donors (Lipinski definition) is 1. The Morgan fingerprint density at radius 3 is 2.43 bits per heavy atom. The molecule has 3 aromatic rings. The first-order chi connectivity index (χ1) is 14.1. The lowest BCUT2D eigenvalue weighted by Crippen LogP contribution is -2.15. The fourth-order valence-electron chi connectivity index (χ4n) is 2.63. The van der Waals surface area contributed by atoms with Crippen molar-refractivity contribution in [3.8, 4) is 22.6 Å². The Balaban J connectivity index is 2.16. The van der Waals surface area contributed by atoms with E-state index in [0.717, 1.165) is 3.57 Å². The number of nitrogens with one attached hydrogen (secondary N) is 1. The number of nitrogens with zero attached hydrogens (tertiary/aromatic N) is 1. The second kappa shape index (κ2) is 9.17. The van der Waals surface area contributed by atoms with Gasteiger partial charge < -0.3 is 9.30 Å². The second-order valence-corrected chi connectivity index (χ2v) is 10.4. The van der Waals surface area contributed by atoms with Crippen LogP contribution in [0.15, 0.2) is 53.5 Å². The van der Waals surface area contributed by atoms with E-state index in [9.17, 15) is 13.2 Å². The van der Waals surface area contributed by atoms with E-state index in [-0.39, 0.29) is 16.3 Å². The summed E-state index contributed by atoms with van der Waals surface area (Å²) in [5, 5.41) is 0.807. The summed E-state index contributed by atoms with van der Waals surface area (Å²) in [6, 6.07) is 11.4. The average molecular weight is 579 g/mol. The molecule has 10 heteroatoms. The molecule has 0 amide bonds. The molecule has 0 atom stereocenters. The quantitative estimate of drug-likeness (QED) is 0.391. The third-order valence-corrected chi connectivity index (χ3v) is 6.91. The molecule has 1 aromatic heterocycles. The minimum absolute atomic E-state index is 0.0653. The van der Waals surface area contributed by atoms with Crippen LogP contribution in [0.4, 0.5) is 5.69 Å². The molecule has 0 radical (unpaired) electrons. The lowest BCUT2D eigenvalue weighted by Gasteiger charge is -2.16. The molecule has 0 aliphatic carbocycles. The molecule has 0 saturated carbocycles. The summed E-state index contributed by atoms with van der Waals surface area (Å²) in [4.78, 5) is 11.9. The molecule has 0 aliphatic heterocycles. The monoisotopic (exact) mass is 578 g/mol. The fraction of sp³-hybridized carbons (Fsp3) is 0.150. The van der Waals surface area contributed by atoms with Crippen LogP contribution in [0.25, 0.3) is 11.1 Å². The van der Waals surface area contributed by atoms with Crippen LogP contribution in [0.1, 0.15) is 6.92 Å². The Labute approximate surface area is 198 Å². The predicted molar refractivity (Wildman–Crippen MR) is 129 cm³/mol. The Hall–Kier alpha value is -1.75. The van der Waals surface area contributed by atoms with Crippen LogP contribution in [0.2, 0.25) is 10.0 Å². The summed E-state index contributed by atoms with van der Waals surface area (Å²) in [6.45, 7) is 1.55. The molecule has 0 aliphatic rings. The van der Waals surface area contributed by atoms with Crippen molar-refractivity contribution in [3.05, 3.63) is 72.6 Å². The van der Waals surface area contributed by atoms with Crippen molar-refractivity contribution < 1.29 is 13.2 Å². The SMILES string of the molecule is CCS(=O)(=O)Nc1ccc(Oc2ccc(Cl)cc2I)c(-c2cn(C)c(=O)cc2Cl)c1. The van der Waals surface area contributed by atoms with Gasteiger partial charge in [-0.2, -0.15) is 0 Å². The number of hydrogen-bond acceptors (Lipinski definition) is 4. The number of sulfonamides is 1. The van der Waals surface area contributed by atoms with Gasteiger partial charge in [0, 0.05) is 41.1 Å². The number of anilines is 1. The van der Waals surface area contributed by atoms with Gasteiger partial charge in [-0.15, -0.1) is 0 Å². The predicted octanol–water partition coefficient (Wildman–Crippen LogP) is 5.52. The molecule has 0 spiro atoms. The van der Waals surface area contributed by atoms with Crippen LogP contribution in [0.3, 0.4) is 0 Å². The topological polar surface area (TPSA) is 77.4 Å². The minimum atomic E-state index is -3.47. The molecular formula is C20H17Cl2IN2O4S. The van der Waals surface area contributed by atoms with Gasteiger partial charge in [-0.1, -0.05) is 23.2 Å². The van der Waals surface area contributed by atoms with Gasteiger partial charge in [-0.3, -0.25) is 9.52 Å². The lowest BCUT2D eigenvalue weighted by atomic mass is 10.1. The van der Waals surface area contributed by atoms with E-state index in [1.165, 1.54) is 10.6 Å². The van der Waals surface area contributed by atoms with Crippen LogP contribution in [-0.2, 0) is 17.1 Å². The summed E-state index contributed by atoms with van der Waals surface area (Å²) in [5.74, 6) is 0.948. The van der Waals surface area contributed by atoms with Crippen LogP contribution < -0.4 is 15.0 Å². The number of ether oxygens (including phenoxy) is 1. The Morgan fingerprint density at radius 2 is 1.77 bits per heavy atom. The molecule has 2 aromatic carbocycles. The van der Waals surface area contributed by atoms with Gasteiger partial charge in [0.1, 0.15) is 11.5 Å². The van der Waals surface area contributed by atoms with Crippen molar-refractivity contribution in [2.75, 3.05) is 10.5 Å². The summed E-state index contributed by atoms with van der Waals surface area (Å²) in [6.07, 6.45) is 1.58. The highest BCUT2D eigenvalue weighted by molar-refractivity contribution is 14.1. The molecule has 0 bridgehead atoms. The number of rotatable bonds is 6. The van der Waals surface area contributed by atoms with Crippen molar-refractivity contribution in [1.29, 1.82) is 0 Å². The normalized spacial score (nSPS) is 11.4. The Kier molecular flexibility index (Phi) is 7.01. The maximum Gasteiger partial charge on any atom is 0.251 e. The van der Waals surface area contributed by atoms with Crippen molar-refractivity contribution in [3.63, 3.8) is 0 Å². The van der Waals surface area contributed by atoms with E-state index in [4.69, 9.17) is 27.9 Å². The summed E-state index contributed by atoms with van der Waals surface area (Å²) in [5.41, 5.74) is 1.14. The highest BCUT2D eigenvalue weighted by Gasteiger charge is 2.16. The van der Waals surface area contributed by atoms with Crippen LogP contribution in [-0.4, -0.2) is 18.7 Å². The maximum absolute atomic E-state index is 12.0. The van der Waals surface area contributed by atoms with Crippen molar-refractivity contribution in [2.45, 2.75) is 6.92 Å². The third kappa shape index (κ3) is 5.29. The fourth-order valence-corrected chi connectivity index (χ4v) is 4.48. The highest BCUT2D eigenvalue weighted by Crippen LogP contribution is 2.39. The van der Waals surface area contributed by atoms with Gasteiger partial charge in [0.2, 0.25) is 10.0 Å². The third-order valence-electron chi connectivity index (χ3n) is 4.21. The van der Waals surface area contributed by atoms with Gasteiger partial charge >= 0.3 is 0 Å². The summed E-state index contributed by atoms with van der Waals surface area (Å²) >= 11 is 14.5. The molecule has 6 nitrogen and oxygen atoms in total. The smallest absolute Gasteiger partial charge is 0.251 e. The van der Waals surface area contributed by atoms with Gasteiger partial charge in [0.25, 0.3) is 5.56 Å². The van der Waals surface area contributed by atoms with E-state index < -0.39 is 10.0 Å². The van der Waals surface area contributed by atoms with E-state index in [1.54, 1.807) is 56.6 Å². The Morgan fingerprint density at radius 1 is 1.07 bits per heavy atom. The molecule has 1 heterocycles. The minimum Gasteiger partial charge on any atom is -0.456 e. The van der Waals surface area contributed by atoms with Crippen LogP contribution in [0, 0.1) is 3.57 Å². The molecule has 3 rings (SSSR count). The summed E-state index contributed by atoms with van der Waals surface area (Å²) < 4.78 is 34.8. The highest BCUT2D eigenvalue weighted by atomic mass is 127. The molecule has 158 valence electrons. The van der Waals surface area contributed by atoms with Crippen LogP contribution in [0.5, 0.6) is 11.5 Å². The van der Waals surface area contributed by atoms with E-state index in [2.05, 4.69) is 27.3 Å². The molecule has 30 heavy (non-hydrogen) atoms. The van der Waals surface area contributed by atoms with Gasteiger partial charge in [-0.25, -0.2) is 8.42 Å². The van der Waals surface area contributed by atoms with Gasteiger partial charge in [0.15, 0.2) is 0 Å². The Bertz CT molecular complexity index is 1280. The number of benzene rings is 2. The number of halogens is 3. The van der Waals surface area contributed by atoms with Gasteiger partial charge in [-0.05, 0) is 65.9 Å². The standard InChI is InChI=1S/C20H17Cl2IN2O4S/c1-3-30(27,28)24-13-5-7-18(29-19-6-4-12(21)8-17(19)23)14(9-13)15-11-25(2)20(26)10-16(15)22/h4-11,24H,3H2,1-2H3. The zero-order valence-electron chi connectivity index (χ0n) is 15.9. The summed E-state index contributed by atoms with van der Waals surface area (Å²) in [7, 11) is -1.87. The maximum atomic E-state index is 12.0. The van der Waals surface area contributed by atoms with E-state index >= 15 is 0 Å². The zero-order valence-corrected chi connectivity index (χ0v) is 20.4. The van der Waals surface area contributed by atoms with Crippen molar-refractivity contribution in [1.82, 2.24) is 4.57 Å². The molecule has 0 saturated heterocycles. The number of aryl methyl sites for hydroxylation is 1. The molecule has 0 fully saturated rings. The van der Waals surface area contributed by atoms with Gasteiger partial charge in [0.05, 0.1) is 14.3 Å². The first-order valence-electron chi connectivity index (χ1n) is 8.73. The molecule has 0 unspecified atom stereocenters. The van der Waals surface area contributed by atoms with Crippen molar-refractivity contribution in [2.24, 2.45) is 7.05 Å². The molecular weight excluding hydrogens is 562 g/mol. The average Bonchev–Trinajstić information content (AvgIpc) is 2.68. The number of pyridine rings is 1. The van der Waals surface area contributed by atoms with E-state index in [1.807, 2.05) is 0 Å². The largest absolute Gasteiger partial charge is 0.456 e.